The zero-order valence-corrected chi connectivity index (χ0v) is 14.5. The van der Waals surface area contributed by atoms with Crippen molar-refractivity contribution >= 4 is 29.4 Å². The van der Waals surface area contributed by atoms with Crippen molar-refractivity contribution in [3.63, 3.8) is 0 Å². The van der Waals surface area contributed by atoms with Crippen molar-refractivity contribution < 1.29 is 14.4 Å². The fraction of sp³-hybridized carbons (Fsp3) is 0.800. The van der Waals surface area contributed by atoms with E-state index in [-0.39, 0.29) is 23.7 Å². The molecule has 2 amide bonds. The maximum atomic E-state index is 13.0. The fourth-order valence-corrected chi connectivity index (χ4v) is 4.19. The molecule has 8 heteroatoms. The van der Waals surface area contributed by atoms with Crippen LogP contribution in [0.4, 0.5) is 0 Å². The van der Waals surface area contributed by atoms with Crippen LogP contribution >= 0.6 is 11.8 Å². The highest BCUT2D eigenvalue weighted by atomic mass is 32.2. The largest absolute Gasteiger partial charge is 0.367 e. The first-order chi connectivity index (χ1) is 10.9. The van der Waals surface area contributed by atoms with Crippen molar-refractivity contribution in [2.75, 3.05) is 18.8 Å². The second kappa shape index (κ2) is 7.63. The Kier molecular flexibility index (Phi) is 6.05. The molecule has 2 saturated heterocycles. The fourth-order valence-electron chi connectivity index (χ4n) is 3.05. The summed E-state index contributed by atoms with van der Waals surface area (Å²) in [5.41, 5.74) is 5.49. The summed E-state index contributed by atoms with van der Waals surface area (Å²) in [6.07, 6.45) is 2.19. The minimum absolute atomic E-state index is 0.177. The maximum Gasteiger partial charge on any atom is 0.256 e. The number of hydrogen-bond donors (Lipinski definition) is 4. The standard InChI is InChI=1S/C15H26N4O3S/c1-9(2)8-11(19-13(21)10-4-3-5-17-10)12(20)15(14(16)22)18-6-7-23-15/h9-11,17-18H,3-8H2,1-2H3,(H2,16,22)(H,19,21). The van der Waals surface area contributed by atoms with E-state index < -0.39 is 16.8 Å². The van der Waals surface area contributed by atoms with Gasteiger partial charge in [0.1, 0.15) is 0 Å². The van der Waals surface area contributed by atoms with E-state index in [2.05, 4.69) is 16.0 Å². The first kappa shape index (κ1) is 18.2. The summed E-state index contributed by atoms with van der Waals surface area (Å²) in [5, 5.41) is 8.89. The number of thioether (sulfide) groups is 1. The first-order valence-corrected chi connectivity index (χ1v) is 9.12. The summed E-state index contributed by atoms with van der Waals surface area (Å²) in [6.45, 7) is 5.31. The average molecular weight is 342 g/mol. The molecule has 0 aliphatic carbocycles. The Labute approximate surface area is 140 Å². The van der Waals surface area contributed by atoms with Gasteiger partial charge in [-0.3, -0.25) is 19.7 Å². The molecule has 2 aliphatic rings. The number of primary amides is 1. The molecule has 2 heterocycles. The van der Waals surface area contributed by atoms with Gasteiger partial charge < -0.3 is 16.4 Å². The van der Waals surface area contributed by atoms with E-state index in [0.29, 0.717) is 18.7 Å². The highest BCUT2D eigenvalue weighted by molar-refractivity contribution is 8.02. The predicted molar refractivity (Wildman–Crippen MR) is 89.8 cm³/mol. The van der Waals surface area contributed by atoms with Crippen LogP contribution in [0.3, 0.4) is 0 Å². The molecule has 130 valence electrons. The van der Waals surface area contributed by atoms with Crippen LogP contribution in [0, 0.1) is 5.92 Å². The number of carbonyl (C=O) groups excluding carboxylic acids is 3. The van der Waals surface area contributed by atoms with Gasteiger partial charge in [0.2, 0.25) is 10.8 Å². The Bertz CT molecular complexity index is 471. The normalized spacial score (nSPS) is 28.7. The predicted octanol–water partition coefficient (Wildman–Crippen LogP) is -0.644. The lowest BCUT2D eigenvalue weighted by atomic mass is 9.95. The minimum atomic E-state index is -1.42. The van der Waals surface area contributed by atoms with Crippen molar-refractivity contribution in [1.82, 2.24) is 16.0 Å². The van der Waals surface area contributed by atoms with Crippen LogP contribution in [-0.2, 0) is 14.4 Å². The molecule has 5 N–H and O–H groups in total. The molecule has 23 heavy (non-hydrogen) atoms. The Morgan fingerprint density at radius 3 is 2.57 bits per heavy atom. The second-order valence-corrected chi connectivity index (χ2v) is 7.83. The molecule has 0 aromatic rings. The van der Waals surface area contributed by atoms with Crippen molar-refractivity contribution in [3.05, 3.63) is 0 Å². The van der Waals surface area contributed by atoms with E-state index >= 15 is 0 Å². The third-order valence-electron chi connectivity index (χ3n) is 4.21. The Morgan fingerprint density at radius 1 is 1.35 bits per heavy atom. The number of rotatable bonds is 7. The van der Waals surface area contributed by atoms with Crippen LogP contribution in [0.2, 0.25) is 0 Å². The van der Waals surface area contributed by atoms with Crippen LogP contribution in [0.5, 0.6) is 0 Å². The Hall–Kier alpha value is -1.12. The van der Waals surface area contributed by atoms with Gasteiger partial charge in [-0.1, -0.05) is 13.8 Å². The summed E-state index contributed by atoms with van der Waals surface area (Å²) in [4.78, 5) is 35.8. The quantitative estimate of drug-likeness (QED) is 0.458. The number of Topliss-reactive ketones (excluding diaryl/α,β-unsaturated/α-hetero) is 1. The van der Waals surface area contributed by atoms with Crippen molar-refractivity contribution in [3.8, 4) is 0 Å². The van der Waals surface area contributed by atoms with Gasteiger partial charge in [-0.25, -0.2) is 0 Å². The van der Waals surface area contributed by atoms with Crippen molar-refractivity contribution in [2.24, 2.45) is 11.7 Å². The smallest absolute Gasteiger partial charge is 0.256 e. The third kappa shape index (κ3) is 4.05. The average Bonchev–Trinajstić information content (AvgIpc) is 3.17. The number of nitrogens with one attached hydrogen (secondary N) is 3. The van der Waals surface area contributed by atoms with Crippen molar-refractivity contribution in [1.29, 1.82) is 0 Å². The molecular weight excluding hydrogens is 316 g/mol. The van der Waals surface area contributed by atoms with E-state index in [9.17, 15) is 14.4 Å². The zero-order chi connectivity index (χ0) is 17.0. The Morgan fingerprint density at radius 2 is 2.09 bits per heavy atom. The van der Waals surface area contributed by atoms with Gasteiger partial charge >= 0.3 is 0 Å². The Balaban J connectivity index is 2.14. The summed E-state index contributed by atoms with van der Waals surface area (Å²) in [7, 11) is 0. The van der Waals surface area contributed by atoms with Crippen LogP contribution in [-0.4, -0.2) is 53.4 Å². The van der Waals surface area contributed by atoms with Gasteiger partial charge in [0, 0.05) is 12.3 Å². The summed E-state index contributed by atoms with van der Waals surface area (Å²) in [6, 6.07) is -0.971. The highest BCUT2D eigenvalue weighted by Crippen LogP contribution is 2.30. The first-order valence-electron chi connectivity index (χ1n) is 8.14. The number of carbonyl (C=O) groups is 3. The lowest BCUT2D eigenvalue weighted by Crippen LogP contribution is -2.62. The molecule has 0 aromatic heterocycles. The molecule has 3 unspecified atom stereocenters. The minimum Gasteiger partial charge on any atom is -0.367 e. The molecule has 0 bridgehead atoms. The van der Waals surface area contributed by atoms with Gasteiger partial charge in [-0.2, -0.15) is 0 Å². The van der Waals surface area contributed by atoms with Gasteiger partial charge in [0.15, 0.2) is 5.78 Å². The molecule has 0 radical (unpaired) electrons. The van der Waals surface area contributed by atoms with Crippen LogP contribution in [0.1, 0.15) is 33.1 Å². The lowest BCUT2D eigenvalue weighted by Gasteiger charge is -2.30. The van der Waals surface area contributed by atoms with E-state index in [0.717, 1.165) is 19.4 Å². The summed E-state index contributed by atoms with van der Waals surface area (Å²) < 4.78 is 0. The van der Waals surface area contributed by atoms with Gasteiger partial charge in [-0.15, -0.1) is 11.8 Å². The molecule has 0 spiro atoms. The highest BCUT2D eigenvalue weighted by Gasteiger charge is 2.50. The molecular formula is C15H26N4O3S. The molecule has 3 atom stereocenters. The van der Waals surface area contributed by atoms with Crippen LogP contribution < -0.4 is 21.7 Å². The second-order valence-electron chi connectivity index (χ2n) is 6.52. The topological polar surface area (TPSA) is 113 Å². The van der Waals surface area contributed by atoms with E-state index in [1.165, 1.54) is 11.8 Å². The number of nitrogens with two attached hydrogens (primary N) is 1. The van der Waals surface area contributed by atoms with E-state index in [1.54, 1.807) is 0 Å². The number of hydrogen-bond acceptors (Lipinski definition) is 6. The van der Waals surface area contributed by atoms with E-state index in [4.69, 9.17) is 5.73 Å². The SMILES string of the molecule is CC(C)CC(NC(=O)C1CCCN1)C(=O)C1(C(N)=O)NCCS1. The zero-order valence-electron chi connectivity index (χ0n) is 13.7. The maximum absolute atomic E-state index is 13.0. The molecule has 2 aliphatic heterocycles. The molecule has 2 rings (SSSR count). The van der Waals surface area contributed by atoms with Crippen molar-refractivity contribution in [2.45, 2.75) is 50.1 Å². The summed E-state index contributed by atoms with van der Waals surface area (Å²) in [5.74, 6) is -0.359. The third-order valence-corrected chi connectivity index (χ3v) is 5.59. The van der Waals surface area contributed by atoms with Crippen LogP contribution in [0.25, 0.3) is 0 Å². The lowest BCUT2D eigenvalue weighted by molar-refractivity contribution is -0.135. The molecule has 0 saturated carbocycles. The number of ketones is 1. The number of amides is 2. The molecule has 0 aromatic carbocycles. The van der Waals surface area contributed by atoms with E-state index in [1.807, 2.05) is 13.8 Å². The van der Waals surface area contributed by atoms with Gasteiger partial charge in [0.05, 0.1) is 12.1 Å². The molecule has 7 nitrogen and oxygen atoms in total. The molecule has 2 fully saturated rings. The van der Waals surface area contributed by atoms with Crippen LogP contribution in [0.15, 0.2) is 0 Å². The summed E-state index contributed by atoms with van der Waals surface area (Å²) >= 11 is 1.22. The van der Waals surface area contributed by atoms with Gasteiger partial charge in [0.25, 0.3) is 5.91 Å². The van der Waals surface area contributed by atoms with Gasteiger partial charge in [-0.05, 0) is 31.7 Å². The monoisotopic (exact) mass is 342 g/mol.